The first-order valence-corrected chi connectivity index (χ1v) is 4.11. The van der Waals surface area contributed by atoms with E-state index in [1.165, 1.54) is 6.08 Å². The van der Waals surface area contributed by atoms with E-state index in [4.69, 9.17) is 9.15 Å². The van der Waals surface area contributed by atoms with Gasteiger partial charge in [-0.1, -0.05) is 0 Å². The predicted octanol–water partition coefficient (Wildman–Crippen LogP) is 1.65. The third-order valence-electron chi connectivity index (χ3n) is 2.04. The SMILES string of the molecule is CC1(C(=O)/C=C/c2ccco2)CO1. The quantitative estimate of drug-likeness (QED) is 0.522. The minimum atomic E-state index is -0.566. The Morgan fingerprint density at radius 1 is 1.69 bits per heavy atom. The summed E-state index contributed by atoms with van der Waals surface area (Å²) in [4.78, 5) is 11.4. The van der Waals surface area contributed by atoms with Gasteiger partial charge in [-0.05, 0) is 31.2 Å². The zero-order valence-corrected chi connectivity index (χ0v) is 7.32. The number of carbonyl (C=O) groups is 1. The Kier molecular flexibility index (Phi) is 1.81. The van der Waals surface area contributed by atoms with Crippen LogP contribution in [0.2, 0.25) is 0 Å². The number of furan rings is 1. The van der Waals surface area contributed by atoms with Crippen LogP contribution < -0.4 is 0 Å². The number of epoxide rings is 1. The summed E-state index contributed by atoms with van der Waals surface area (Å²) >= 11 is 0. The lowest BCUT2D eigenvalue weighted by atomic mass is 10.1. The molecule has 1 aliphatic rings. The van der Waals surface area contributed by atoms with Crippen LogP contribution in [0.25, 0.3) is 6.08 Å². The lowest BCUT2D eigenvalue weighted by Gasteiger charge is -1.95. The van der Waals surface area contributed by atoms with Crippen LogP contribution in [0.3, 0.4) is 0 Å². The van der Waals surface area contributed by atoms with Crippen LogP contribution in [0.4, 0.5) is 0 Å². The van der Waals surface area contributed by atoms with Gasteiger partial charge in [-0.25, -0.2) is 0 Å². The smallest absolute Gasteiger partial charge is 0.189 e. The summed E-state index contributed by atoms with van der Waals surface area (Å²) in [5.74, 6) is 0.668. The minimum absolute atomic E-state index is 0.0103. The summed E-state index contributed by atoms with van der Waals surface area (Å²) in [5, 5.41) is 0. The van der Waals surface area contributed by atoms with Crippen LogP contribution in [-0.4, -0.2) is 18.0 Å². The fraction of sp³-hybridized carbons (Fsp3) is 0.300. The number of ether oxygens (including phenoxy) is 1. The molecular formula is C10H10O3. The maximum absolute atomic E-state index is 11.4. The van der Waals surface area contributed by atoms with E-state index in [1.54, 1.807) is 31.4 Å². The van der Waals surface area contributed by atoms with Gasteiger partial charge in [0.15, 0.2) is 11.4 Å². The maximum atomic E-state index is 11.4. The fourth-order valence-corrected chi connectivity index (χ4v) is 0.971. The van der Waals surface area contributed by atoms with Gasteiger partial charge < -0.3 is 9.15 Å². The van der Waals surface area contributed by atoms with E-state index in [0.717, 1.165) is 0 Å². The van der Waals surface area contributed by atoms with E-state index in [1.807, 2.05) is 0 Å². The third-order valence-corrected chi connectivity index (χ3v) is 2.04. The van der Waals surface area contributed by atoms with Crippen molar-refractivity contribution >= 4 is 11.9 Å². The third kappa shape index (κ3) is 1.70. The largest absolute Gasteiger partial charge is 0.465 e. The highest BCUT2D eigenvalue weighted by atomic mass is 16.6. The van der Waals surface area contributed by atoms with Crippen LogP contribution in [0.15, 0.2) is 28.9 Å². The molecule has 2 heterocycles. The fourth-order valence-electron chi connectivity index (χ4n) is 0.971. The highest BCUT2D eigenvalue weighted by molar-refractivity contribution is 6.01. The summed E-state index contributed by atoms with van der Waals surface area (Å²) in [6.07, 6.45) is 4.71. The van der Waals surface area contributed by atoms with Crippen molar-refractivity contribution in [2.45, 2.75) is 12.5 Å². The summed E-state index contributed by atoms with van der Waals surface area (Å²) in [6, 6.07) is 3.57. The molecule has 0 bridgehead atoms. The Balaban J connectivity index is 2.02. The van der Waals surface area contributed by atoms with Crippen molar-refractivity contribution < 1.29 is 13.9 Å². The molecule has 0 aromatic carbocycles. The zero-order valence-electron chi connectivity index (χ0n) is 7.32. The van der Waals surface area contributed by atoms with Crippen molar-refractivity contribution in [2.75, 3.05) is 6.61 Å². The Morgan fingerprint density at radius 2 is 2.46 bits per heavy atom. The molecule has 1 aromatic heterocycles. The van der Waals surface area contributed by atoms with Gasteiger partial charge in [0, 0.05) is 0 Å². The molecule has 68 valence electrons. The van der Waals surface area contributed by atoms with E-state index in [0.29, 0.717) is 12.4 Å². The molecule has 2 rings (SSSR count). The van der Waals surface area contributed by atoms with Gasteiger partial charge in [0.05, 0.1) is 12.9 Å². The molecule has 1 aromatic rings. The van der Waals surface area contributed by atoms with Crippen LogP contribution >= 0.6 is 0 Å². The van der Waals surface area contributed by atoms with E-state index >= 15 is 0 Å². The first-order chi connectivity index (χ1) is 6.21. The minimum Gasteiger partial charge on any atom is -0.465 e. The molecule has 3 heteroatoms. The summed E-state index contributed by atoms with van der Waals surface area (Å²) < 4.78 is 10.0. The first kappa shape index (κ1) is 8.26. The van der Waals surface area contributed by atoms with Gasteiger partial charge in [0.1, 0.15) is 5.76 Å². The van der Waals surface area contributed by atoms with Gasteiger partial charge in [-0.15, -0.1) is 0 Å². The molecule has 0 amide bonds. The van der Waals surface area contributed by atoms with Gasteiger partial charge in [0.25, 0.3) is 0 Å². The van der Waals surface area contributed by atoms with E-state index in [2.05, 4.69) is 0 Å². The second-order valence-corrected chi connectivity index (χ2v) is 3.23. The van der Waals surface area contributed by atoms with Crippen LogP contribution in [0.5, 0.6) is 0 Å². The van der Waals surface area contributed by atoms with Crippen molar-refractivity contribution in [1.82, 2.24) is 0 Å². The number of ketones is 1. The molecule has 1 saturated heterocycles. The van der Waals surface area contributed by atoms with E-state index < -0.39 is 5.60 Å². The summed E-state index contributed by atoms with van der Waals surface area (Å²) in [5.41, 5.74) is -0.566. The highest BCUT2D eigenvalue weighted by Gasteiger charge is 2.45. The molecule has 3 nitrogen and oxygen atoms in total. The standard InChI is InChI=1S/C10H10O3/c1-10(7-13-10)9(11)5-4-8-3-2-6-12-8/h2-6H,7H2,1H3/b5-4+. The molecule has 0 N–H and O–H groups in total. The Hall–Kier alpha value is -1.35. The monoisotopic (exact) mass is 178 g/mol. The van der Waals surface area contributed by atoms with Crippen molar-refractivity contribution in [3.63, 3.8) is 0 Å². The maximum Gasteiger partial charge on any atom is 0.189 e. The average Bonchev–Trinajstić information content (AvgIpc) is 2.70. The number of carbonyl (C=O) groups excluding carboxylic acids is 1. The lowest BCUT2D eigenvalue weighted by Crippen LogP contribution is -2.17. The topological polar surface area (TPSA) is 42.7 Å². The average molecular weight is 178 g/mol. The Labute approximate surface area is 76.0 Å². The van der Waals surface area contributed by atoms with E-state index in [-0.39, 0.29) is 5.78 Å². The van der Waals surface area contributed by atoms with Gasteiger partial charge >= 0.3 is 0 Å². The second kappa shape index (κ2) is 2.85. The molecule has 0 radical (unpaired) electrons. The molecule has 0 spiro atoms. The molecule has 1 aliphatic heterocycles. The molecule has 0 saturated carbocycles. The normalized spacial score (nSPS) is 26.5. The van der Waals surface area contributed by atoms with Crippen molar-refractivity contribution in [3.8, 4) is 0 Å². The Morgan fingerprint density at radius 3 is 3.00 bits per heavy atom. The van der Waals surface area contributed by atoms with Crippen LogP contribution in [-0.2, 0) is 9.53 Å². The van der Waals surface area contributed by atoms with Crippen LogP contribution in [0.1, 0.15) is 12.7 Å². The van der Waals surface area contributed by atoms with E-state index in [9.17, 15) is 4.79 Å². The molecule has 0 aliphatic carbocycles. The second-order valence-electron chi connectivity index (χ2n) is 3.23. The Bertz CT molecular complexity index is 331. The van der Waals surface area contributed by atoms with Gasteiger partial charge in [-0.3, -0.25) is 4.79 Å². The van der Waals surface area contributed by atoms with Gasteiger partial charge in [-0.2, -0.15) is 0 Å². The molecule has 1 unspecified atom stereocenters. The van der Waals surface area contributed by atoms with Crippen molar-refractivity contribution in [3.05, 3.63) is 30.2 Å². The van der Waals surface area contributed by atoms with Crippen molar-refractivity contribution in [1.29, 1.82) is 0 Å². The zero-order chi connectivity index (χ0) is 9.31. The molecule has 1 atom stereocenters. The lowest BCUT2D eigenvalue weighted by molar-refractivity contribution is -0.118. The van der Waals surface area contributed by atoms with Crippen LogP contribution in [0, 0.1) is 0 Å². The first-order valence-electron chi connectivity index (χ1n) is 4.11. The number of rotatable bonds is 3. The number of hydrogen-bond donors (Lipinski definition) is 0. The molecule has 13 heavy (non-hydrogen) atoms. The van der Waals surface area contributed by atoms with Gasteiger partial charge in [0.2, 0.25) is 0 Å². The summed E-state index contributed by atoms with van der Waals surface area (Å²) in [7, 11) is 0. The molecular weight excluding hydrogens is 168 g/mol. The summed E-state index contributed by atoms with van der Waals surface area (Å²) in [6.45, 7) is 2.30. The highest BCUT2D eigenvalue weighted by Crippen LogP contribution is 2.27. The number of hydrogen-bond acceptors (Lipinski definition) is 3. The van der Waals surface area contributed by atoms with Crippen molar-refractivity contribution in [2.24, 2.45) is 0 Å². The predicted molar refractivity (Wildman–Crippen MR) is 47.1 cm³/mol. The molecule has 1 fully saturated rings.